The number of unbranched alkanes of at least 4 members (excludes halogenated alkanes) is 1. The Balaban J connectivity index is 1.84. The smallest absolute Gasteiger partial charge is 0.0692 e. The molecule has 30 heavy (non-hydrogen) atoms. The summed E-state index contributed by atoms with van der Waals surface area (Å²) in [6, 6.07) is 12.8. The molecule has 0 amide bonds. The lowest BCUT2D eigenvalue weighted by molar-refractivity contribution is 0.477. The van der Waals surface area contributed by atoms with Crippen LogP contribution in [0.4, 0.5) is 11.4 Å². The van der Waals surface area contributed by atoms with Crippen LogP contribution in [-0.4, -0.2) is 11.4 Å². The highest BCUT2D eigenvalue weighted by molar-refractivity contribution is 6.42. The van der Waals surface area contributed by atoms with Crippen LogP contribution in [-0.2, 0) is 0 Å². The van der Waals surface area contributed by atoms with E-state index in [1.54, 1.807) is 0 Å². The van der Waals surface area contributed by atoms with Gasteiger partial charge in [-0.1, -0.05) is 74.9 Å². The van der Waals surface area contributed by atoms with Crippen LogP contribution in [0.3, 0.4) is 0 Å². The zero-order valence-electron chi connectivity index (χ0n) is 19.6. The van der Waals surface area contributed by atoms with Gasteiger partial charge in [-0.25, -0.2) is 0 Å². The van der Waals surface area contributed by atoms with Crippen molar-refractivity contribution >= 4 is 22.8 Å². The zero-order valence-corrected chi connectivity index (χ0v) is 19.6. The molecule has 1 fully saturated rings. The van der Waals surface area contributed by atoms with E-state index in [9.17, 15) is 0 Å². The Labute approximate surface area is 183 Å². The molecule has 1 saturated carbocycles. The maximum absolute atomic E-state index is 5.17. The topological polar surface area (TPSA) is 24.7 Å². The SMILES string of the molecule is CC(=Nc1c(C)cccc1C)C(CCCCC1CCCC1)=Nc1c(C)cccc1C. The molecule has 0 aliphatic heterocycles. The van der Waals surface area contributed by atoms with E-state index >= 15 is 0 Å². The van der Waals surface area contributed by atoms with Crippen LogP contribution in [0.5, 0.6) is 0 Å². The molecular weight excluding hydrogens is 364 g/mol. The van der Waals surface area contributed by atoms with Crippen LogP contribution < -0.4 is 0 Å². The van der Waals surface area contributed by atoms with Gasteiger partial charge in [0.2, 0.25) is 0 Å². The van der Waals surface area contributed by atoms with Crippen LogP contribution in [0, 0.1) is 33.6 Å². The van der Waals surface area contributed by atoms with E-state index < -0.39 is 0 Å². The summed E-state index contributed by atoms with van der Waals surface area (Å²) in [7, 11) is 0. The first kappa shape index (κ1) is 22.5. The minimum Gasteiger partial charge on any atom is -0.251 e. The molecule has 0 bridgehead atoms. The number of rotatable bonds is 8. The fraction of sp³-hybridized carbons (Fsp3) is 0.500. The third-order valence-corrected chi connectivity index (χ3v) is 6.57. The lowest BCUT2D eigenvalue weighted by Crippen LogP contribution is -2.11. The predicted octanol–water partition coefficient (Wildman–Crippen LogP) is 8.54. The van der Waals surface area contributed by atoms with Gasteiger partial charge in [-0.05, 0) is 75.6 Å². The summed E-state index contributed by atoms with van der Waals surface area (Å²) in [6.45, 7) is 10.7. The van der Waals surface area contributed by atoms with Crippen LogP contribution >= 0.6 is 0 Å². The second-order valence-corrected chi connectivity index (χ2v) is 9.13. The van der Waals surface area contributed by atoms with E-state index in [0.717, 1.165) is 35.1 Å². The van der Waals surface area contributed by atoms with E-state index in [1.807, 2.05) is 0 Å². The highest BCUT2D eigenvalue weighted by Gasteiger charge is 2.15. The van der Waals surface area contributed by atoms with Crippen molar-refractivity contribution in [2.24, 2.45) is 15.9 Å². The first-order valence-electron chi connectivity index (χ1n) is 11.7. The number of hydrogen-bond acceptors (Lipinski definition) is 2. The van der Waals surface area contributed by atoms with Crippen LogP contribution in [0.1, 0.15) is 80.5 Å². The summed E-state index contributed by atoms with van der Waals surface area (Å²) < 4.78 is 0. The van der Waals surface area contributed by atoms with E-state index in [-0.39, 0.29) is 0 Å². The minimum absolute atomic E-state index is 0.966. The molecule has 0 radical (unpaired) electrons. The molecule has 0 spiro atoms. The van der Waals surface area contributed by atoms with Crippen LogP contribution in [0.25, 0.3) is 0 Å². The van der Waals surface area contributed by atoms with Gasteiger partial charge in [-0.2, -0.15) is 0 Å². The predicted molar refractivity (Wildman–Crippen MR) is 132 cm³/mol. The van der Waals surface area contributed by atoms with Gasteiger partial charge >= 0.3 is 0 Å². The molecular formula is C28H38N2. The first-order valence-corrected chi connectivity index (χ1v) is 11.7. The number of nitrogens with zero attached hydrogens (tertiary/aromatic N) is 2. The largest absolute Gasteiger partial charge is 0.251 e. The summed E-state index contributed by atoms with van der Waals surface area (Å²) in [5, 5.41) is 0. The van der Waals surface area contributed by atoms with Crippen LogP contribution in [0.2, 0.25) is 0 Å². The second-order valence-electron chi connectivity index (χ2n) is 9.13. The van der Waals surface area contributed by atoms with Crippen molar-refractivity contribution in [3.63, 3.8) is 0 Å². The Hall–Kier alpha value is -2.22. The molecule has 0 atom stereocenters. The average molecular weight is 403 g/mol. The molecule has 3 rings (SSSR count). The molecule has 1 aliphatic rings. The number of para-hydroxylation sites is 2. The number of hydrogen-bond donors (Lipinski definition) is 0. The third kappa shape index (κ3) is 5.90. The van der Waals surface area contributed by atoms with Gasteiger partial charge in [0.1, 0.15) is 0 Å². The fourth-order valence-electron chi connectivity index (χ4n) is 4.67. The van der Waals surface area contributed by atoms with Gasteiger partial charge in [-0.15, -0.1) is 0 Å². The third-order valence-electron chi connectivity index (χ3n) is 6.57. The molecule has 2 heteroatoms. The fourth-order valence-corrected chi connectivity index (χ4v) is 4.67. The molecule has 0 N–H and O–H groups in total. The molecule has 2 nitrogen and oxygen atoms in total. The monoisotopic (exact) mass is 402 g/mol. The summed E-state index contributed by atoms with van der Waals surface area (Å²) in [5.74, 6) is 0.966. The van der Waals surface area contributed by atoms with Gasteiger partial charge in [0.15, 0.2) is 0 Å². The van der Waals surface area contributed by atoms with Crippen molar-refractivity contribution in [3.05, 3.63) is 58.7 Å². The molecule has 160 valence electrons. The normalized spacial score (nSPS) is 15.8. The minimum atomic E-state index is 0.966. The van der Waals surface area contributed by atoms with Gasteiger partial charge in [0.05, 0.1) is 22.8 Å². The van der Waals surface area contributed by atoms with Crippen LogP contribution in [0.15, 0.2) is 46.4 Å². The summed E-state index contributed by atoms with van der Waals surface area (Å²) in [5.41, 5.74) is 9.31. The average Bonchev–Trinajstić information content (AvgIpc) is 3.23. The lowest BCUT2D eigenvalue weighted by atomic mass is 9.98. The number of benzene rings is 2. The highest BCUT2D eigenvalue weighted by atomic mass is 14.8. The Bertz CT molecular complexity index is 874. The highest BCUT2D eigenvalue weighted by Crippen LogP contribution is 2.30. The molecule has 2 aromatic rings. The number of aliphatic imine (C=N–C) groups is 2. The van der Waals surface area contributed by atoms with Gasteiger partial charge < -0.3 is 0 Å². The Morgan fingerprint density at radius 2 is 1.27 bits per heavy atom. The molecule has 0 saturated heterocycles. The van der Waals surface area contributed by atoms with Crippen molar-refractivity contribution in [2.75, 3.05) is 0 Å². The van der Waals surface area contributed by atoms with E-state index in [2.05, 4.69) is 71.0 Å². The van der Waals surface area contributed by atoms with Crippen molar-refractivity contribution in [1.29, 1.82) is 0 Å². The van der Waals surface area contributed by atoms with E-state index in [4.69, 9.17) is 9.98 Å². The Kier molecular flexibility index (Phi) is 8.01. The quantitative estimate of drug-likeness (QED) is 0.312. The maximum atomic E-state index is 5.17. The van der Waals surface area contributed by atoms with Gasteiger partial charge in [-0.3, -0.25) is 9.98 Å². The van der Waals surface area contributed by atoms with Crippen molar-refractivity contribution < 1.29 is 0 Å². The van der Waals surface area contributed by atoms with Gasteiger partial charge in [0, 0.05) is 0 Å². The van der Waals surface area contributed by atoms with Crippen molar-refractivity contribution in [3.8, 4) is 0 Å². The van der Waals surface area contributed by atoms with E-state index in [1.165, 1.54) is 67.2 Å². The maximum Gasteiger partial charge on any atom is 0.0692 e. The lowest BCUT2D eigenvalue weighted by Gasteiger charge is -2.13. The molecule has 0 unspecified atom stereocenters. The summed E-state index contributed by atoms with van der Waals surface area (Å²) in [6.07, 6.45) is 10.6. The first-order chi connectivity index (χ1) is 14.5. The molecule has 2 aromatic carbocycles. The molecule has 1 aliphatic carbocycles. The van der Waals surface area contributed by atoms with Gasteiger partial charge in [0.25, 0.3) is 0 Å². The molecule has 0 aromatic heterocycles. The Morgan fingerprint density at radius 3 is 1.80 bits per heavy atom. The molecule has 0 heterocycles. The number of aryl methyl sites for hydroxylation is 4. The van der Waals surface area contributed by atoms with Crippen molar-refractivity contribution in [2.45, 2.75) is 86.0 Å². The standard InChI is InChI=1S/C28H38N2/c1-20-12-10-13-21(2)27(20)29-24(5)26(19-9-8-18-25-16-6-7-17-25)30-28-22(3)14-11-15-23(28)4/h10-15,25H,6-9,16-19H2,1-5H3. The summed E-state index contributed by atoms with van der Waals surface area (Å²) in [4.78, 5) is 10.2. The second kappa shape index (κ2) is 10.7. The summed E-state index contributed by atoms with van der Waals surface area (Å²) >= 11 is 0. The Morgan fingerprint density at radius 1 is 0.767 bits per heavy atom. The van der Waals surface area contributed by atoms with E-state index in [0.29, 0.717) is 0 Å². The van der Waals surface area contributed by atoms with Crippen molar-refractivity contribution in [1.82, 2.24) is 0 Å². The zero-order chi connectivity index (χ0) is 21.5.